The lowest BCUT2D eigenvalue weighted by Crippen LogP contribution is -2.50. The highest BCUT2D eigenvalue weighted by molar-refractivity contribution is 7.88. The Kier molecular flexibility index (Phi) is 5.63. The Morgan fingerprint density at radius 1 is 1.22 bits per heavy atom. The minimum atomic E-state index is -3.96. The van der Waals surface area contributed by atoms with Crippen molar-refractivity contribution in [1.29, 1.82) is 0 Å². The van der Waals surface area contributed by atoms with E-state index in [1.54, 1.807) is 6.92 Å². The molecule has 0 bridgehead atoms. The van der Waals surface area contributed by atoms with Crippen molar-refractivity contribution in [2.24, 2.45) is 0 Å². The number of urea groups is 1. The molecule has 3 aromatic rings. The number of nitrogens with one attached hydrogen (secondary N) is 1. The molecule has 0 spiro atoms. The van der Waals surface area contributed by atoms with Crippen molar-refractivity contribution in [3.8, 4) is 16.9 Å². The van der Waals surface area contributed by atoms with Crippen molar-refractivity contribution in [3.05, 3.63) is 42.0 Å². The summed E-state index contributed by atoms with van der Waals surface area (Å²) in [7, 11) is -3.96. The highest BCUT2D eigenvalue weighted by Gasteiger charge is 2.63. The number of amides is 2. The van der Waals surface area contributed by atoms with E-state index in [0.717, 1.165) is 28.2 Å². The van der Waals surface area contributed by atoms with Crippen LogP contribution in [0.25, 0.3) is 22.1 Å². The van der Waals surface area contributed by atoms with Gasteiger partial charge in [-0.05, 0) is 25.1 Å². The number of alkyl halides is 2. The molecule has 5 rings (SSSR count). The number of rotatable bonds is 6. The molecular formula is C22H20F4N4O5S. The summed E-state index contributed by atoms with van der Waals surface area (Å²) in [6, 6.07) is 1.74. The van der Waals surface area contributed by atoms with E-state index in [-0.39, 0.29) is 34.7 Å². The van der Waals surface area contributed by atoms with Gasteiger partial charge in [-0.1, -0.05) is 11.2 Å². The maximum atomic E-state index is 15.1. The number of ether oxygens (including phenoxy) is 1. The van der Waals surface area contributed by atoms with E-state index >= 15 is 8.78 Å². The Labute approximate surface area is 202 Å². The van der Waals surface area contributed by atoms with Crippen molar-refractivity contribution >= 4 is 32.8 Å². The number of fused-ring (bicyclic) bond motifs is 2. The summed E-state index contributed by atoms with van der Waals surface area (Å²) in [6.45, 7) is 0.827. The van der Waals surface area contributed by atoms with Gasteiger partial charge >= 0.3 is 6.03 Å². The summed E-state index contributed by atoms with van der Waals surface area (Å²) in [5.41, 5.74) is -0.439. The van der Waals surface area contributed by atoms with Gasteiger partial charge in [0.2, 0.25) is 10.0 Å². The van der Waals surface area contributed by atoms with Crippen LogP contribution >= 0.6 is 0 Å². The Morgan fingerprint density at radius 3 is 2.53 bits per heavy atom. The number of halogens is 4. The molecule has 0 saturated carbocycles. The zero-order chi connectivity index (χ0) is 26.0. The molecule has 2 aromatic carbocycles. The van der Waals surface area contributed by atoms with E-state index in [1.165, 1.54) is 18.2 Å². The molecule has 3 heterocycles. The average molecular weight is 528 g/mol. The third kappa shape index (κ3) is 3.84. The first-order chi connectivity index (χ1) is 16.9. The second kappa shape index (κ2) is 8.34. The van der Waals surface area contributed by atoms with Crippen molar-refractivity contribution in [2.45, 2.75) is 24.9 Å². The summed E-state index contributed by atoms with van der Waals surface area (Å²) < 4.78 is 95.4. The minimum Gasteiger partial charge on any atom is -0.494 e. The molecule has 2 aliphatic rings. The Bertz CT molecular complexity index is 1460. The van der Waals surface area contributed by atoms with Gasteiger partial charge in [0.25, 0.3) is 5.92 Å². The van der Waals surface area contributed by atoms with E-state index in [9.17, 15) is 22.0 Å². The predicted molar refractivity (Wildman–Crippen MR) is 120 cm³/mol. The molecule has 0 radical (unpaired) electrons. The lowest BCUT2D eigenvalue weighted by atomic mass is 9.99. The molecule has 2 saturated heterocycles. The zero-order valence-electron chi connectivity index (χ0n) is 19.0. The van der Waals surface area contributed by atoms with E-state index in [1.807, 2.05) is 4.72 Å². The van der Waals surface area contributed by atoms with Gasteiger partial charge in [-0.15, -0.1) is 0 Å². The van der Waals surface area contributed by atoms with Gasteiger partial charge < -0.3 is 14.2 Å². The first kappa shape index (κ1) is 24.3. The second-order valence-electron chi connectivity index (χ2n) is 8.56. The van der Waals surface area contributed by atoms with Crippen LogP contribution in [0.2, 0.25) is 0 Å². The van der Waals surface area contributed by atoms with Crippen LogP contribution in [0.5, 0.6) is 5.75 Å². The third-order valence-electron chi connectivity index (χ3n) is 6.18. The first-order valence-corrected chi connectivity index (χ1v) is 12.8. The fourth-order valence-corrected chi connectivity index (χ4v) is 5.44. The molecule has 36 heavy (non-hydrogen) atoms. The first-order valence-electron chi connectivity index (χ1n) is 10.9. The predicted octanol–water partition coefficient (Wildman–Crippen LogP) is 3.35. The van der Waals surface area contributed by atoms with Crippen molar-refractivity contribution < 1.29 is 40.0 Å². The van der Waals surface area contributed by atoms with Gasteiger partial charge in [-0.2, -0.15) is 0 Å². The molecule has 9 nitrogen and oxygen atoms in total. The Morgan fingerprint density at radius 2 is 1.92 bits per heavy atom. The van der Waals surface area contributed by atoms with Gasteiger partial charge in [-0.3, -0.25) is 4.90 Å². The summed E-state index contributed by atoms with van der Waals surface area (Å²) in [5, 5.41) is 3.91. The number of sulfonamides is 1. The molecule has 14 heteroatoms. The molecule has 1 N–H and O–H groups in total. The third-order valence-corrected chi connectivity index (χ3v) is 6.89. The topological polar surface area (TPSA) is 105 Å². The zero-order valence-corrected chi connectivity index (χ0v) is 19.8. The standard InChI is InChI=1S/C22H20F4N4O5S/c1-3-34-11-7-12(18-13(23)5-4-6-14(18)24)19-15(8-11)35-27-20(19)30-10-17-22(25,26)16(28-36(2,32)33)9-29(17)21(30)31/h4-8,16-17,28H,3,9-10H2,1-2H3/t16-,17-/m1/s1. The number of benzene rings is 2. The summed E-state index contributed by atoms with van der Waals surface area (Å²) in [4.78, 5) is 14.9. The van der Waals surface area contributed by atoms with Gasteiger partial charge in [0.05, 0.1) is 30.4 Å². The largest absolute Gasteiger partial charge is 0.494 e. The summed E-state index contributed by atoms with van der Waals surface area (Å²) in [6.07, 6.45) is 0.752. The molecule has 1 aromatic heterocycles. The minimum absolute atomic E-state index is 0.0249. The molecule has 0 aliphatic carbocycles. The van der Waals surface area contributed by atoms with Crippen LogP contribution in [0.1, 0.15) is 6.92 Å². The molecule has 2 fully saturated rings. The molecule has 192 valence electrons. The molecule has 0 unspecified atom stereocenters. The van der Waals surface area contributed by atoms with E-state index in [0.29, 0.717) is 0 Å². The van der Waals surface area contributed by atoms with Crippen LogP contribution in [0.3, 0.4) is 0 Å². The Balaban J connectivity index is 1.61. The van der Waals surface area contributed by atoms with Gasteiger partial charge in [-0.25, -0.2) is 35.5 Å². The second-order valence-corrected chi connectivity index (χ2v) is 10.3. The molecule has 2 aliphatic heterocycles. The highest BCUT2D eigenvalue weighted by Crippen LogP contribution is 2.45. The smallest absolute Gasteiger partial charge is 0.326 e. The SMILES string of the molecule is CCOc1cc(-c2c(F)cccc2F)c2c(N3C[C@H]4N(C[C@@H](NS(C)(=O)=O)C4(F)F)C3=O)noc2c1. The monoisotopic (exact) mass is 528 g/mol. The summed E-state index contributed by atoms with van der Waals surface area (Å²) in [5.74, 6) is -5.36. The number of anilines is 1. The Hall–Kier alpha value is -3.39. The van der Waals surface area contributed by atoms with Gasteiger partial charge in [0.15, 0.2) is 11.4 Å². The average Bonchev–Trinajstić information content (AvgIpc) is 3.40. The van der Waals surface area contributed by atoms with E-state index < -0.39 is 64.3 Å². The maximum absolute atomic E-state index is 15.1. The lowest BCUT2D eigenvalue weighted by Gasteiger charge is -2.23. The number of nitrogens with zero attached hydrogens (tertiary/aromatic N) is 3. The van der Waals surface area contributed by atoms with Gasteiger partial charge in [0, 0.05) is 18.2 Å². The lowest BCUT2D eigenvalue weighted by molar-refractivity contribution is -0.0324. The van der Waals surface area contributed by atoms with E-state index in [2.05, 4.69) is 5.16 Å². The number of carbonyl (C=O) groups excluding carboxylic acids is 1. The fraction of sp³-hybridized carbons (Fsp3) is 0.364. The molecular weight excluding hydrogens is 508 g/mol. The van der Waals surface area contributed by atoms with Crippen LogP contribution in [0.15, 0.2) is 34.9 Å². The number of carbonyl (C=O) groups is 1. The van der Waals surface area contributed by atoms with Crippen molar-refractivity contribution in [3.63, 3.8) is 0 Å². The number of hydrogen-bond acceptors (Lipinski definition) is 6. The van der Waals surface area contributed by atoms with Crippen molar-refractivity contribution in [2.75, 3.05) is 30.9 Å². The van der Waals surface area contributed by atoms with Crippen LogP contribution in [-0.2, 0) is 10.0 Å². The van der Waals surface area contributed by atoms with Crippen LogP contribution in [0, 0.1) is 11.6 Å². The maximum Gasteiger partial charge on any atom is 0.326 e. The van der Waals surface area contributed by atoms with E-state index in [4.69, 9.17) is 9.26 Å². The van der Waals surface area contributed by atoms with Crippen molar-refractivity contribution in [1.82, 2.24) is 14.8 Å². The van der Waals surface area contributed by atoms with Crippen LogP contribution < -0.4 is 14.4 Å². The molecule has 2 amide bonds. The fourth-order valence-electron chi connectivity index (χ4n) is 4.69. The van der Waals surface area contributed by atoms with Gasteiger partial charge in [0.1, 0.15) is 29.5 Å². The summed E-state index contributed by atoms with van der Waals surface area (Å²) >= 11 is 0. The van der Waals surface area contributed by atoms with Crippen LogP contribution in [-0.4, -0.2) is 68.5 Å². The number of aromatic nitrogens is 1. The normalized spacial score (nSPS) is 21.4. The quantitative estimate of drug-likeness (QED) is 0.492. The highest BCUT2D eigenvalue weighted by atomic mass is 32.2. The number of hydrogen-bond donors (Lipinski definition) is 1. The van der Waals surface area contributed by atoms with Crippen LogP contribution in [0.4, 0.5) is 28.2 Å². The molecule has 2 atom stereocenters.